The van der Waals surface area contributed by atoms with E-state index in [-0.39, 0.29) is 23.3 Å². The highest BCUT2D eigenvalue weighted by Gasteiger charge is 2.53. The largest absolute Gasteiger partial charge is 0.481 e. The fourth-order valence-corrected chi connectivity index (χ4v) is 8.98. The lowest BCUT2D eigenvalue weighted by atomic mass is 9.54. The van der Waals surface area contributed by atoms with E-state index in [2.05, 4.69) is 23.5 Å². The van der Waals surface area contributed by atoms with Crippen molar-refractivity contribution in [2.45, 2.75) is 69.4 Å². The van der Waals surface area contributed by atoms with E-state index in [1.165, 1.54) is 37.7 Å². The van der Waals surface area contributed by atoms with E-state index >= 15 is 0 Å². The number of amides is 3. The number of carboxylic acids is 1. The van der Waals surface area contributed by atoms with Crippen LogP contribution in [-0.2, 0) is 21.5 Å². The van der Waals surface area contributed by atoms with E-state index < -0.39 is 11.9 Å². The van der Waals surface area contributed by atoms with E-state index in [9.17, 15) is 19.5 Å². The molecule has 5 saturated carbocycles. The van der Waals surface area contributed by atoms with E-state index in [0.29, 0.717) is 50.5 Å². The molecule has 1 aromatic rings. The molecule has 7 nitrogen and oxygen atoms in total. The maximum atomic E-state index is 13.4. The topological polar surface area (TPSA) is 90.0 Å². The number of hydrogen-bond acceptors (Lipinski definition) is 3. The quantitative estimate of drug-likeness (QED) is 0.676. The Balaban J connectivity index is 1.04. The van der Waals surface area contributed by atoms with E-state index in [4.69, 9.17) is 0 Å². The number of nitrogens with one attached hydrogen (secondary N) is 1. The van der Waals surface area contributed by atoms with Crippen LogP contribution in [0.1, 0.15) is 62.5 Å². The van der Waals surface area contributed by atoms with Crippen molar-refractivity contribution in [1.29, 1.82) is 0 Å². The second-order valence-corrected chi connectivity index (χ2v) is 12.8. The number of urea groups is 1. The zero-order valence-electron chi connectivity index (χ0n) is 20.9. The standard InChI is InChI=1S/C29H37N3O4/c33-26(22-14-23(22)27(34)35)32-15-19-3-1-2-4-24(19)29(16-32)5-7-31(8-6-29)28(36)30-25-20-10-17-9-18(12-20)13-21(25)11-17/h1-4,17-18,20-23,25H,5-16H2,(H,30,36)(H,34,35)/t17?,18?,20?,21?,22-,23+,25?/m1/s1. The first-order chi connectivity index (χ1) is 17.4. The van der Waals surface area contributed by atoms with Gasteiger partial charge in [0.1, 0.15) is 0 Å². The zero-order valence-corrected chi connectivity index (χ0v) is 20.9. The first kappa shape index (κ1) is 22.6. The second-order valence-electron chi connectivity index (χ2n) is 12.8. The number of piperidine rings is 1. The molecule has 5 aliphatic carbocycles. The minimum atomic E-state index is -0.862. The van der Waals surface area contributed by atoms with Gasteiger partial charge in [-0.1, -0.05) is 24.3 Å². The fraction of sp³-hybridized carbons (Fsp3) is 0.690. The molecule has 2 aliphatic heterocycles. The number of carboxylic acid groups (broad SMARTS) is 1. The number of hydrogen-bond donors (Lipinski definition) is 2. The summed E-state index contributed by atoms with van der Waals surface area (Å²) in [7, 11) is 0. The molecule has 2 N–H and O–H groups in total. The molecular formula is C29H37N3O4. The molecule has 3 amide bonds. The lowest BCUT2D eigenvalue weighted by molar-refractivity contribution is -0.142. The first-order valence-corrected chi connectivity index (χ1v) is 14.1. The summed E-state index contributed by atoms with van der Waals surface area (Å²) in [5.74, 6) is 1.35. The number of aliphatic carboxylic acids is 1. The highest BCUT2D eigenvalue weighted by atomic mass is 16.4. The average molecular weight is 492 g/mol. The summed E-state index contributed by atoms with van der Waals surface area (Å²) in [6, 6.07) is 8.84. The fourth-order valence-electron chi connectivity index (χ4n) is 8.98. The number of nitrogens with zero attached hydrogens (tertiary/aromatic N) is 2. The third-order valence-electron chi connectivity index (χ3n) is 10.7. The second kappa shape index (κ2) is 8.22. The van der Waals surface area contributed by atoms with Crippen molar-refractivity contribution < 1.29 is 19.5 Å². The van der Waals surface area contributed by atoms with Gasteiger partial charge >= 0.3 is 12.0 Å². The van der Waals surface area contributed by atoms with Crippen molar-refractivity contribution in [3.63, 3.8) is 0 Å². The minimum Gasteiger partial charge on any atom is -0.481 e. The highest BCUT2D eigenvalue weighted by Crippen LogP contribution is 2.54. The maximum Gasteiger partial charge on any atom is 0.317 e. The van der Waals surface area contributed by atoms with Crippen molar-refractivity contribution in [3.05, 3.63) is 35.4 Å². The normalized spacial score (nSPS) is 37.5. The Kier molecular flexibility index (Phi) is 5.16. The maximum absolute atomic E-state index is 13.4. The molecule has 1 aromatic carbocycles. The molecule has 7 aliphatic rings. The Morgan fingerprint density at radius 2 is 1.53 bits per heavy atom. The number of likely N-dealkylation sites (tertiary alicyclic amines) is 1. The van der Waals surface area contributed by atoms with E-state index in [0.717, 1.165) is 30.2 Å². The number of fused-ring (bicyclic) bond motifs is 2. The van der Waals surface area contributed by atoms with Gasteiger partial charge < -0.3 is 20.2 Å². The smallest absolute Gasteiger partial charge is 0.317 e. The summed E-state index contributed by atoms with van der Waals surface area (Å²) in [5.41, 5.74) is 2.30. The van der Waals surface area contributed by atoms with Gasteiger partial charge in [-0.15, -0.1) is 0 Å². The SMILES string of the molecule is O=C(O)[C@H]1C[C@H]1C(=O)N1Cc2ccccc2C2(CCN(C(=O)NC3C4CC5CC(C4)CC3C5)CC2)C1. The number of carbonyl (C=O) groups is 3. The highest BCUT2D eigenvalue weighted by molar-refractivity contribution is 5.89. The van der Waals surface area contributed by atoms with Gasteiger partial charge in [0.2, 0.25) is 5.91 Å². The van der Waals surface area contributed by atoms with Gasteiger partial charge in [0, 0.05) is 37.6 Å². The van der Waals surface area contributed by atoms with Gasteiger partial charge in [-0.2, -0.15) is 0 Å². The van der Waals surface area contributed by atoms with Gasteiger partial charge in [-0.25, -0.2) is 4.79 Å². The molecule has 4 bridgehead atoms. The van der Waals surface area contributed by atoms with Crippen LogP contribution in [0.3, 0.4) is 0 Å². The van der Waals surface area contributed by atoms with Crippen molar-refractivity contribution in [2.24, 2.45) is 35.5 Å². The Labute approximate surface area is 212 Å². The summed E-state index contributed by atoms with van der Waals surface area (Å²) in [4.78, 5) is 41.9. The van der Waals surface area contributed by atoms with Gasteiger partial charge in [0.25, 0.3) is 0 Å². The van der Waals surface area contributed by atoms with Crippen LogP contribution >= 0.6 is 0 Å². The summed E-state index contributed by atoms with van der Waals surface area (Å²) in [6.07, 6.45) is 8.72. The van der Waals surface area contributed by atoms with Gasteiger partial charge in [-0.05, 0) is 86.2 Å². The van der Waals surface area contributed by atoms with E-state index in [1.54, 1.807) is 0 Å². The van der Waals surface area contributed by atoms with Crippen LogP contribution in [0.5, 0.6) is 0 Å². The van der Waals surface area contributed by atoms with Gasteiger partial charge in [0.05, 0.1) is 11.8 Å². The molecule has 2 atom stereocenters. The molecule has 0 radical (unpaired) electrons. The van der Waals surface area contributed by atoms with Crippen LogP contribution in [0.25, 0.3) is 0 Å². The summed E-state index contributed by atoms with van der Waals surface area (Å²) < 4.78 is 0. The summed E-state index contributed by atoms with van der Waals surface area (Å²) in [6.45, 7) is 2.56. The van der Waals surface area contributed by atoms with Crippen molar-refractivity contribution >= 4 is 17.9 Å². The zero-order chi connectivity index (χ0) is 24.6. The summed E-state index contributed by atoms with van der Waals surface area (Å²) in [5, 5.41) is 12.8. The van der Waals surface area contributed by atoms with Crippen LogP contribution in [-0.4, -0.2) is 58.5 Å². The molecule has 6 fully saturated rings. The Bertz CT molecular complexity index is 1070. The third-order valence-corrected chi connectivity index (χ3v) is 10.7. The van der Waals surface area contributed by atoms with Crippen molar-refractivity contribution in [1.82, 2.24) is 15.1 Å². The van der Waals surface area contributed by atoms with Crippen LogP contribution in [0.15, 0.2) is 24.3 Å². The molecular weight excluding hydrogens is 454 g/mol. The van der Waals surface area contributed by atoms with Crippen LogP contribution in [0.2, 0.25) is 0 Å². The number of rotatable bonds is 3. The van der Waals surface area contributed by atoms with Crippen LogP contribution in [0, 0.1) is 35.5 Å². The first-order valence-electron chi connectivity index (χ1n) is 14.1. The Hall–Kier alpha value is -2.57. The molecule has 36 heavy (non-hydrogen) atoms. The predicted molar refractivity (Wildman–Crippen MR) is 133 cm³/mol. The summed E-state index contributed by atoms with van der Waals surface area (Å²) >= 11 is 0. The van der Waals surface area contributed by atoms with Crippen LogP contribution in [0.4, 0.5) is 4.79 Å². The average Bonchev–Trinajstić information content (AvgIpc) is 3.67. The Morgan fingerprint density at radius 1 is 0.861 bits per heavy atom. The lowest BCUT2D eigenvalue weighted by Gasteiger charge is -2.55. The van der Waals surface area contributed by atoms with Crippen molar-refractivity contribution in [3.8, 4) is 0 Å². The number of benzene rings is 1. The predicted octanol–water partition coefficient (Wildman–Crippen LogP) is 3.62. The lowest BCUT2D eigenvalue weighted by Crippen LogP contribution is -2.60. The molecule has 2 heterocycles. The number of carbonyl (C=O) groups excluding carboxylic acids is 2. The Morgan fingerprint density at radius 3 is 2.17 bits per heavy atom. The molecule has 192 valence electrons. The molecule has 8 rings (SSSR count). The third kappa shape index (κ3) is 3.64. The minimum absolute atomic E-state index is 0.0154. The molecule has 0 unspecified atom stereocenters. The van der Waals surface area contributed by atoms with Crippen molar-refractivity contribution in [2.75, 3.05) is 19.6 Å². The molecule has 7 heteroatoms. The van der Waals surface area contributed by atoms with Crippen LogP contribution < -0.4 is 5.32 Å². The van der Waals surface area contributed by atoms with Gasteiger partial charge in [0.15, 0.2) is 0 Å². The molecule has 0 aromatic heterocycles. The molecule has 1 spiro atoms. The van der Waals surface area contributed by atoms with E-state index in [1.807, 2.05) is 15.9 Å². The molecule has 1 saturated heterocycles. The van der Waals surface area contributed by atoms with Gasteiger partial charge in [-0.3, -0.25) is 9.59 Å². The monoisotopic (exact) mass is 491 g/mol.